The molecule has 2 rings (SSSR count). The standard InChI is InChI=1S/C24H35N3O3/c1-18(5-4-7-20-10-8-19(9-11-20)6-2-3-14-25)26-16-24(30)21-12-13-23(29)22(15-21)27-17-28/h8-13,15,17-18,24,26,29-30H,2-7,14,16,25H2,1H3,(H,27,28)/t18-,24+/m1/s1. The number of phenols is 1. The van der Waals surface area contributed by atoms with Gasteiger partial charge in [-0.3, -0.25) is 4.79 Å². The normalized spacial score (nSPS) is 13.0. The lowest BCUT2D eigenvalue weighted by Crippen LogP contribution is -2.30. The van der Waals surface area contributed by atoms with E-state index in [-0.39, 0.29) is 11.8 Å². The van der Waals surface area contributed by atoms with Gasteiger partial charge in [-0.2, -0.15) is 0 Å². The molecule has 0 fully saturated rings. The number of anilines is 1. The largest absolute Gasteiger partial charge is 0.506 e. The van der Waals surface area contributed by atoms with Gasteiger partial charge in [-0.1, -0.05) is 30.3 Å². The van der Waals surface area contributed by atoms with Gasteiger partial charge in [-0.15, -0.1) is 0 Å². The first kappa shape index (κ1) is 23.9. The Morgan fingerprint density at radius 1 is 1.03 bits per heavy atom. The summed E-state index contributed by atoms with van der Waals surface area (Å²) < 4.78 is 0. The first-order chi connectivity index (χ1) is 14.5. The third-order valence-corrected chi connectivity index (χ3v) is 5.32. The molecule has 0 spiro atoms. The van der Waals surface area contributed by atoms with E-state index < -0.39 is 6.10 Å². The first-order valence-electron chi connectivity index (χ1n) is 10.8. The Balaban J connectivity index is 1.70. The van der Waals surface area contributed by atoms with Crippen molar-refractivity contribution in [2.24, 2.45) is 5.73 Å². The van der Waals surface area contributed by atoms with Crippen molar-refractivity contribution in [1.29, 1.82) is 0 Å². The first-order valence-corrected chi connectivity index (χ1v) is 10.8. The van der Waals surface area contributed by atoms with E-state index in [1.165, 1.54) is 17.2 Å². The fourth-order valence-corrected chi connectivity index (χ4v) is 3.43. The summed E-state index contributed by atoms with van der Waals surface area (Å²) in [4.78, 5) is 10.6. The van der Waals surface area contributed by atoms with Crippen LogP contribution in [0.5, 0.6) is 5.75 Å². The average molecular weight is 414 g/mol. The zero-order valence-electron chi connectivity index (χ0n) is 17.8. The van der Waals surface area contributed by atoms with Gasteiger partial charge in [-0.05, 0) is 80.8 Å². The zero-order chi connectivity index (χ0) is 21.8. The second-order valence-corrected chi connectivity index (χ2v) is 7.82. The summed E-state index contributed by atoms with van der Waals surface area (Å²) in [6.45, 7) is 3.28. The molecule has 0 heterocycles. The van der Waals surface area contributed by atoms with E-state index in [1.54, 1.807) is 12.1 Å². The van der Waals surface area contributed by atoms with Crippen LogP contribution in [0.15, 0.2) is 42.5 Å². The number of carbonyl (C=O) groups is 1. The molecule has 0 aliphatic carbocycles. The van der Waals surface area contributed by atoms with Crippen LogP contribution in [0, 0.1) is 0 Å². The van der Waals surface area contributed by atoms with Crippen molar-refractivity contribution in [3.8, 4) is 5.75 Å². The van der Waals surface area contributed by atoms with Gasteiger partial charge in [0.05, 0.1) is 11.8 Å². The summed E-state index contributed by atoms with van der Waals surface area (Å²) in [7, 11) is 0. The van der Waals surface area contributed by atoms with Crippen LogP contribution < -0.4 is 16.4 Å². The van der Waals surface area contributed by atoms with E-state index >= 15 is 0 Å². The molecule has 0 saturated heterocycles. The molecule has 0 bridgehead atoms. The molecule has 0 aliphatic heterocycles. The number of phenolic OH excluding ortho intramolecular Hbond substituents is 1. The van der Waals surface area contributed by atoms with Crippen molar-refractivity contribution >= 4 is 12.1 Å². The molecule has 2 atom stereocenters. The SMILES string of the molecule is C[C@H](CCCc1ccc(CCCCN)cc1)NC[C@H](O)c1ccc(O)c(NC=O)c1. The minimum absolute atomic E-state index is 0.0250. The van der Waals surface area contributed by atoms with Gasteiger partial charge in [-0.25, -0.2) is 0 Å². The number of aryl methyl sites for hydroxylation is 2. The van der Waals surface area contributed by atoms with E-state index in [1.807, 2.05) is 0 Å². The average Bonchev–Trinajstić information content (AvgIpc) is 2.75. The van der Waals surface area contributed by atoms with E-state index in [9.17, 15) is 15.0 Å². The number of nitrogens with two attached hydrogens (primary N) is 1. The number of hydrogen-bond donors (Lipinski definition) is 5. The number of hydrogen-bond acceptors (Lipinski definition) is 5. The Bertz CT molecular complexity index is 765. The maximum Gasteiger partial charge on any atom is 0.211 e. The minimum atomic E-state index is -0.716. The second kappa shape index (κ2) is 13.0. The number of nitrogens with one attached hydrogen (secondary N) is 2. The fraction of sp³-hybridized carbons (Fsp3) is 0.458. The summed E-state index contributed by atoms with van der Waals surface area (Å²) in [6, 6.07) is 13.9. The molecule has 2 aromatic rings. The van der Waals surface area contributed by atoms with E-state index in [2.05, 4.69) is 41.8 Å². The molecule has 6 heteroatoms. The third kappa shape index (κ3) is 8.14. The molecule has 0 saturated carbocycles. The Hall–Kier alpha value is -2.41. The van der Waals surface area contributed by atoms with Crippen LogP contribution in [0.2, 0.25) is 0 Å². The third-order valence-electron chi connectivity index (χ3n) is 5.32. The van der Waals surface area contributed by atoms with Gasteiger partial charge in [0.25, 0.3) is 0 Å². The number of rotatable bonds is 14. The maximum atomic E-state index is 10.6. The van der Waals surface area contributed by atoms with E-state index in [0.717, 1.165) is 45.1 Å². The maximum absolute atomic E-state index is 10.6. The van der Waals surface area contributed by atoms with Gasteiger partial charge in [0.1, 0.15) is 5.75 Å². The van der Waals surface area contributed by atoms with Gasteiger partial charge < -0.3 is 26.6 Å². The summed E-state index contributed by atoms with van der Waals surface area (Å²) >= 11 is 0. The fourth-order valence-electron chi connectivity index (χ4n) is 3.43. The zero-order valence-corrected chi connectivity index (χ0v) is 17.8. The van der Waals surface area contributed by atoms with Crippen LogP contribution in [-0.2, 0) is 17.6 Å². The van der Waals surface area contributed by atoms with Gasteiger partial charge in [0, 0.05) is 12.6 Å². The number of amides is 1. The van der Waals surface area contributed by atoms with E-state index in [4.69, 9.17) is 5.73 Å². The Labute approximate surface area is 179 Å². The van der Waals surface area contributed by atoms with Gasteiger partial charge in [0.15, 0.2) is 0 Å². The highest BCUT2D eigenvalue weighted by atomic mass is 16.3. The quantitative estimate of drug-likeness (QED) is 0.186. The van der Waals surface area contributed by atoms with Gasteiger partial charge in [0.2, 0.25) is 6.41 Å². The molecule has 2 aromatic carbocycles. The molecule has 0 unspecified atom stereocenters. The number of carbonyl (C=O) groups excluding carboxylic acids is 1. The highest BCUT2D eigenvalue weighted by Gasteiger charge is 2.12. The van der Waals surface area contributed by atoms with Crippen molar-refractivity contribution < 1.29 is 15.0 Å². The van der Waals surface area contributed by atoms with Crippen molar-refractivity contribution in [2.45, 2.75) is 57.6 Å². The van der Waals surface area contributed by atoms with Crippen molar-refractivity contribution in [3.63, 3.8) is 0 Å². The summed E-state index contributed by atoms with van der Waals surface area (Å²) in [6.07, 6.45) is 6.22. The Morgan fingerprint density at radius 3 is 2.33 bits per heavy atom. The van der Waals surface area contributed by atoms with Crippen LogP contribution in [0.1, 0.15) is 55.4 Å². The van der Waals surface area contributed by atoms with Gasteiger partial charge >= 0.3 is 0 Å². The number of unbranched alkanes of at least 4 members (excludes halogenated alkanes) is 1. The topological polar surface area (TPSA) is 108 Å². The summed E-state index contributed by atoms with van der Waals surface area (Å²) in [5.41, 5.74) is 9.20. The predicted molar refractivity (Wildman–Crippen MR) is 122 cm³/mol. The molecule has 30 heavy (non-hydrogen) atoms. The summed E-state index contributed by atoms with van der Waals surface area (Å²) in [5, 5.41) is 25.9. The Kier molecular flexibility index (Phi) is 10.3. The number of aromatic hydroxyl groups is 1. The molecule has 1 amide bonds. The van der Waals surface area contributed by atoms with E-state index in [0.29, 0.717) is 24.2 Å². The minimum Gasteiger partial charge on any atom is -0.506 e. The lowest BCUT2D eigenvalue weighted by molar-refractivity contribution is -0.105. The monoisotopic (exact) mass is 413 g/mol. The van der Waals surface area contributed by atoms with Crippen LogP contribution in [-0.4, -0.2) is 35.8 Å². The molecule has 6 nitrogen and oxygen atoms in total. The molecule has 0 aliphatic rings. The number of aliphatic hydroxyl groups excluding tert-OH is 1. The van der Waals surface area contributed by atoms with Crippen LogP contribution >= 0.6 is 0 Å². The number of aliphatic hydroxyl groups is 1. The van der Waals surface area contributed by atoms with Crippen LogP contribution in [0.25, 0.3) is 0 Å². The smallest absolute Gasteiger partial charge is 0.211 e. The molecular weight excluding hydrogens is 378 g/mol. The van der Waals surface area contributed by atoms with Crippen molar-refractivity contribution in [1.82, 2.24) is 5.32 Å². The highest BCUT2D eigenvalue weighted by molar-refractivity contribution is 5.75. The predicted octanol–water partition coefficient (Wildman–Crippen LogP) is 3.28. The lowest BCUT2D eigenvalue weighted by Gasteiger charge is -2.18. The molecule has 0 radical (unpaired) electrons. The number of benzene rings is 2. The molecular formula is C24H35N3O3. The lowest BCUT2D eigenvalue weighted by atomic mass is 10.0. The van der Waals surface area contributed by atoms with Crippen molar-refractivity contribution in [3.05, 3.63) is 59.2 Å². The van der Waals surface area contributed by atoms with Crippen LogP contribution in [0.4, 0.5) is 5.69 Å². The Morgan fingerprint density at radius 2 is 1.70 bits per heavy atom. The highest BCUT2D eigenvalue weighted by Crippen LogP contribution is 2.26. The van der Waals surface area contributed by atoms with Crippen LogP contribution in [0.3, 0.4) is 0 Å². The van der Waals surface area contributed by atoms with Crippen molar-refractivity contribution in [2.75, 3.05) is 18.4 Å². The molecule has 0 aromatic heterocycles. The molecule has 164 valence electrons. The summed E-state index contributed by atoms with van der Waals surface area (Å²) in [5.74, 6) is -0.0250. The second-order valence-electron chi connectivity index (χ2n) is 7.82. The molecule has 6 N–H and O–H groups in total.